The van der Waals surface area contributed by atoms with Crippen molar-refractivity contribution in [1.29, 1.82) is 0 Å². The molecule has 2 aromatic carbocycles. The molecule has 1 amide bonds. The molecule has 2 saturated heterocycles. The van der Waals surface area contributed by atoms with Crippen molar-refractivity contribution >= 4 is 23.5 Å². The molecular formula is C27H37ClN4O4. The minimum absolute atomic E-state index is 0.0850. The molecule has 2 aliphatic heterocycles. The number of nitrogens with zero attached hydrogens (tertiary/aromatic N) is 2. The summed E-state index contributed by atoms with van der Waals surface area (Å²) in [6, 6.07) is 12.8. The number of piperazine rings is 2. The van der Waals surface area contributed by atoms with E-state index in [2.05, 4.69) is 15.5 Å². The number of para-hydroxylation sites is 1. The first-order valence-electron chi connectivity index (χ1n) is 12.5. The molecule has 0 aromatic heterocycles. The Hall–Kier alpha value is -2.65. The summed E-state index contributed by atoms with van der Waals surface area (Å²) in [5, 5.41) is 16.6. The van der Waals surface area contributed by atoms with Gasteiger partial charge in [-0.1, -0.05) is 49.7 Å². The van der Waals surface area contributed by atoms with E-state index in [0.717, 1.165) is 56.4 Å². The average molecular weight is 517 g/mol. The van der Waals surface area contributed by atoms with E-state index < -0.39 is 5.97 Å². The molecule has 0 saturated carbocycles. The third-order valence-electron chi connectivity index (χ3n) is 6.24. The number of aromatic carboxylic acids is 1. The first-order chi connectivity index (χ1) is 17.3. The fourth-order valence-electron chi connectivity index (χ4n) is 4.17. The summed E-state index contributed by atoms with van der Waals surface area (Å²) in [6.45, 7) is 11.9. The van der Waals surface area contributed by atoms with Crippen LogP contribution in [0.15, 0.2) is 42.5 Å². The highest BCUT2D eigenvalue weighted by Crippen LogP contribution is 2.30. The summed E-state index contributed by atoms with van der Waals surface area (Å²) in [5.41, 5.74) is 2.06. The number of benzene rings is 2. The maximum Gasteiger partial charge on any atom is 0.339 e. The number of rotatable bonds is 7. The quantitative estimate of drug-likeness (QED) is 0.520. The molecule has 4 rings (SSSR count). The third kappa shape index (κ3) is 8.48. The molecule has 196 valence electrons. The van der Waals surface area contributed by atoms with Crippen LogP contribution in [0.3, 0.4) is 0 Å². The highest BCUT2D eigenvalue weighted by Gasteiger charge is 2.23. The number of carbonyl (C=O) groups is 2. The SMILES string of the molecule is C1CNCCN1.CC(C)c1cccc(C(=O)O)c1OCC(=O)N1CCN(Cc2ccc(Cl)cc2)CC1. The van der Waals surface area contributed by atoms with Crippen molar-refractivity contribution in [3.8, 4) is 5.75 Å². The van der Waals surface area contributed by atoms with Crippen LogP contribution in [-0.4, -0.2) is 85.7 Å². The highest BCUT2D eigenvalue weighted by molar-refractivity contribution is 6.30. The van der Waals surface area contributed by atoms with Crippen LogP contribution in [0.25, 0.3) is 0 Å². The number of ether oxygens (including phenoxy) is 1. The van der Waals surface area contributed by atoms with Gasteiger partial charge in [0.2, 0.25) is 0 Å². The van der Waals surface area contributed by atoms with Gasteiger partial charge in [-0.25, -0.2) is 4.79 Å². The van der Waals surface area contributed by atoms with Crippen LogP contribution in [0.5, 0.6) is 5.75 Å². The number of hydrogen-bond acceptors (Lipinski definition) is 6. The van der Waals surface area contributed by atoms with E-state index in [0.29, 0.717) is 13.1 Å². The van der Waals surface area contributed by atoms with E-state index in [4.69, 9.17) is 16.3 Å². The van der Waals surface area contributed by atoms with Gasteiger partial charge >= 0.3 is 5.97 Å². The van der Waals surface area contributed by atoms with E-state index >= 15 is 0 Å². The summed E-state index contributed by atoms with van der Waals surface area (Å²) in [4.78, 5) is 28.3. The maximum atomic E-state index is 12.7. The van der Waals surface area contributed by atoms with Crippen molar-refractivity contribution in [2.45, 2.75) is 26.3 Å². The van der Waals surface area contributed by atoms with Crippen LogP contribution in [-0.2, 0) is 11.3 Å². The van der Waals surface area contributed by atoms with Crippen molar-refractivity contribution in [2.75, 3.05) is 59.0 Å². The normalized spacial score (nSPS) is 16.3. The molecule has 2 fully saturated rings. The van der Waals surface area contributed by atoms with Gasteiger partial charge in [0.1, 0.15) is 11.3 Å². The minimum Gasteiger partial charge on any atom is -0.483 e. The molecule has 0 aliphatic carbocycles. The van der Waals surface area contributed by atoms with Crippen molar-refractivity contribution < 1.29 is 19.4 Å². The lowest BCUT2D eigenvalue weighted by atomic mass is 9.99. The zero-order valence-electron chi connectivity index (χ0n) is 21.1. The Morgan fingerprint density at radius 1 is 0.972 bits per heavy atom. The highest BCUT2D eigenvalue weighted by atomic mass is 35.5. The molecule has 0 radical (unpaired) electrons. The average Bonchev–Trinajstić information content (AvgIpc) is 2.90. The topological polar surface area (TPSA) is 94.1 Å². The van der Waals surface area contributed by atoms with Crippen LogP contribution in [0, 0.1) is 0 Å². The molecule has 3 N–H and O–H groups in total. The van der Waals surface area contributed by atoms with Gasteiger partial charge in [-0.15, -0.1) is 0 Å². The fraction of sp³-hybridized carbons (Fsp3) is 0.481. The summed E-state index contributed by atoms with van der Waals surface area (Å²) in [6.07, 6.45) is 0. The molecule has 0 atom stereocenters. The van der Waals surface area contributed by atoms with Crippen molar-refractivity contribution in [2.24, 2.45) is 0 Å². The van der Waals surface area contributed by atoms with E-state index in [1.807, 2.05) is 44.2 Å². The number of halogens is 1. The van der Waals surface area contributed by atoms with Crippen LogP contribution < -0.4 is 15.4 Å². The van der Waals surface area contributed by atoms with Gasteiger partial charge in [0.05, 0.1) is 0 Å². The molecule has 8 nitrogen and oxygen atoms in total. The summed E-state index contributed by atoms with van der Waals surface area (Å²) < 4.78 is 5.74. The number of hydrogen-bond donors (Lipinski definition) is 3. The van der Waals surface area contributed by atoms with Crippen LogP contribution >= 0.6 is 11.6 Å². The largest absolute Gasteiger partial charge is 0.483 e. The standard InChI is InChI=1S/C23H27ClN2O4.C4H10N2/c1-16(2)19-4-3-5-20(23(28)29)22(19)30-15-21(27)26-12-10-25(11-13-26)14-17-6-8-18(24)9-7-17;1-2-6-4-3-5-1/h3-9,16H,10-15H2,1-2H3,(H,28,29);5-6H,1-4H2. The Morgan fingerprint density at radius 3 is 2.11 bits per heavy atom. The molecule has 0 unspecified atom stereocenters. The van der Waals surface area contributed by atoms with E-state index in [1.165, 1.54) is 11.6 Å². The molecule has 0 bridgehead atoms. The zero-order valence-corrected chi connectivity index (χ0v) is 21.9. The van der Waals surface area contributed by atoms with Gasteiger partial charge < -0.3 is 25.4 Å². The van der Waals surface area contributed by atoms with Crippen LogP contribution in [0.2, 0.25) is 5.02 Å². The predicted molar refractivity (Wildman–Crippen MR) is 142 cm³/mol. The summed E-state index contributed by atoms with van der Waals surface area (Å²) in [5.74, 6) is -0.813. The third-order valence-corrected chi connectivity index (χ3v) is 6.49. The van der Waals surface area contributed by atoms with Crippen LogP contribution in [0.4, 0.5) is 0 Å². The first-order valence-corrected chi connectivity index (χ1v) is 12.9. The number of carbonyl (C=O) groups excluding carboxylic acids is 1. The molecule has 36 heavy (non-hydrogen) atoms. The molecule has 2 heterocycles. The second-order valence-electron chi connectivity index (χ2n) is 9.26. The van der Waals surface area contributed by atoms with Crippen molar-refractivity contribution in [3.05, 3.63) is 64.2 Å². The Kier molecular flexibility index (Phi) is 11.0. The fourth-order valence-corrected chi connectivity index (χ4v) is 4.30. The lowest BCUT2D eigenvalue weighted by molar-refractivity contribution is -0.135. The summed E-state index contributed by atoms with van der Waals surface area (Å²) >= 11 is 5.93. The lowest BCUT2D eigenvalue weighted by Gasteiger charge is -2.34. The van der Waals surface area contributed by atoms with E-state index in [-0.39, 0.29) is 29.7 Å². The van der Waals surface area contributed by atoms with E-state index in [1.54, 1.807) is 11.0 Å². The Bertz CT molecular complexity index is 976. The molecule has 2 aliphatic rings. The second kappa shape index (κ2) is 14.2. The maximum absolute atomic E-state index is 12.7. The number of carboxylic acids is 1. The van der Waals surface area contributed by atoms with Crippen molar-refractivity contribution in [3.63, 3.8) is 0 Å². The van der Waals surface area contributed by atoms with Crippen molar-refractivity contribution in [1.82, 2.24) is 20.4 Å². The Labute approximate surface area is 218 Å². The lowest BCUT2D eigenvalue weighted by Crippen LogP contribution is -2.49. The first kappa shape index (κ1) is 27.9. The minimum atomic E-state index is -1.06. The van der Waals surface area contributed by atoms with Gasteiger partial charge in [0.25, 0.3) is 5.91 Å². The predicted octanol–water partition coefficient (Wildman–Crippen LogP) is 3.06. The molecular weight excluding hydrogens is 480 g/mol. The molecule has 2 aromatic rings. The smallest absolute Gasteiger partial charge is 0.339 e. The monoisotopic (exact) mass is 516 g/mol. The number of nitrogens with one attached hydrogen (secondary N) is 2. The Balaban J connectivity index is 0.000000526. The molecule has 0 spiro atoms. The van der Waals surface area contributed by atoms with Gasteiger partial charge in [0.15, 0.2) is 6.61 Å². The van der Waals surface area contributed by atoms with Gasteiger partial charge in [-0.3, -0.25) is 9.69 Å². The number of carboxylic acid groups (broad SMARTS) is 1. The number of amides is 1. The van der Waals surface area contributed by atoms with Gasteiger partial charge in [0, 0.05) is 63.9 Å². The van der Waals surface area contributed by atoms with Gasteiger partial charge in [-0.05, 0) is 35.2 Å². The second-order valence-corrected chi connectivity index (χ2v) is 9.69. The van der Waals surface area contributed by atoms with Gasteiger partial charge in [-0.2, -0.15) is 0 Å². The van der Waals surface area contributed by atoms with Crippen LogP contribution in [0.1, 0.15) is 41.3 Å². The Morgan fingerprint density at radius 2 is 1.58 bits per heavy atom. The molecule has 9 heteroatoms. The zero-order chi connectivity index (χ0) is 25.9. The summed E-state index contributed by atoms with van der Waals surface area (Å²) in [7, 11) is 0. The van der Waals surface area contributed by atoms with E-state index in [9.17, 15) is 14.7 Å².